The van der Waals surface area contributed by atoms with Gasteiger partial charge in [0.25, 0.3) is 0 Å². The Morgan fingerprint density at radius 3 is 2.25 bits per heavy atom. The van der Waals surface area contributed by atoms with Crippen molar-refractivity contribution in [1.82, 2.24) is 5.32 Å². The number of benzene rings is 1. The summed E-state index contributed by atoms with van der Waals surface area (Å²) in [5, 5.41) is 10.3. The number of rotatable bonds is 2. The van der Waals surface area contributed by atoms with Crippen LogP contribution in [0.1, 0.15) is 36.1 Å². The van der Waals surface area contributed by atoms with Crippen molar-refractivity contribution in [2.75, 3.05) is 0 Å². The largest absolute Gasteiger partial charge is 0.370 e. The molecule has 0 unspecified atom stereocenters. The minimum absolute atomic E-state index is 0.00243. The van der Waals surface area contributed by atoms with Crippen molar-refractivity contribution >= 4 is 5.96 Å². The van der Waals surface area contributed by atoms with E-state index in [2.05, 4.69) is 38.2 Å². The van der Waals surface area contributed by atoms with Crippen molar-refractivity contribution in [2.24, 2.45) is 5.73 Å². The molecule has 0 saturated heterocycles. The molecule has 16 heavy (non-hydrogen) atoms. The van der Waals surface area contributed by atoms with Crippen LogP contribution in [0.3, 0.4) is 0 Å². The molecule has 0 bridgehead atoms. The van der Waals surface area contributed by atoms with Gasteiger partial charge in [0.2, 0.25) is 0 Å². The summed E-state index contributed by atoms with van der Waals surface area (Å²) in [7, 11) is 0. The van der Waals surface area contributed by atoms with Gasteiger partial charge in [-0.1, -0.05) is 12.1 Å². The van der Waals surface area contributed by atoms with E-state index in [-0.39, 0.29) is 11.5 Å². The van der Waals surface area contributed by atoms with E-state index in [9.17, 15) is 0 Å². The molecule has 0 aliphatic heterocycles. The fourth-order valence-electron chi connectivity index (χ4n) is 2.04. The molecule has 0 aliphatic carbocycles. The second-order valence-electron chi connectivity index (χ2n) is 4.84. The standard InChI is InChI=1S/C13H21N3/c1-8-6-7-11(10(3)9(8)2)13(4,5)16-12(14)15/h6-7H,1-5H3,(H4,14,15,16). The maximum atomic E-state index is 7.33. The molecule has 1 aromatic rings. The highest BCUT2D eigenvalue weighted by atomic mass is 15.1. The summed E-state index contributed by atoms with van der Waals surface area (Å²) in [5.41, 5.74) is 10.1. The van der Waals surface area contributed by atoms with Gasteiger partial charge in [0.15, 0.2) is 5.96 Å². The highest BCUT2D eigenvalue weighted by molar-refractivity contribution is 5.75. The van der Waals surface area contributed by atoms with Crippen molar-refractivity contribution in [3.05, 3.63) is 34.4 Å². The Hall–Kier alpha value is -1.51. The molecule has 0 radical (unpaired) electrons. The zero-order chi connectivity index (χ0) is 12.5. The van der Waals surface area contributed by atoms with Gasteiger partial charge >= 0.3 is 0 Å². The fraction of sp³-hybridized carbons (Fsp3) is 0.462. The molecule has 0 aromatic heterocycles. The normalized spacial score (nSPS) is 11.3. The molecule has 0 heterocycles. The Bertz CT molecular complexity index is 419. The van der Waals surface area contributed by atoms with Gasteiger partial charge in [0.1, 0.15) is 0 Å². The number of hydrogen-bond acceptors (Lipinski definition) is 1. The Balaban J connectivity index is 3.23. The third-order valence-electron chi connectivity index (χ3n) is 3.18. The van der Waals surface area contributed by atoms with Crippen molar-refractivity contribution < 1.29 is 0 Å². The molecule has 4 N–H and O–H groups in total. The Morgan fingerprint density at radius 1 is 1.19 bits per heavy atom. The highest BCUT2D eigenvalue weighted by Gasteiger charge is 2.23. The summed E-state index contributed by atoms with van der Waals surface area (Å²) < 4.78 is 0. The van der Waals surface area contributed by atoms with Crippen LogP contribution in [0.4, 0.5) is 0 Å². The van der Waals surface area contributed by atoms with Crippen LogP contribution < -0.4 is 11.1 Å². The number of aryl methyl sites for hydroxylation is 1. The van der Waals surface area contributed by atoms with Crippen LogP contribution in [-0.2, 0) is 5.54 Å². The number of nitrogens with two attached hydrogens (primary N) is 1. The van der Waals surface area contributed by atoms with Crippen LogP contribution in [0.2, 0.25) is 0 Å². The van der Waals surface area contributed by atoms with E-state index < -0.39 is 0 Å². The van der Waals surface area contributed by atoms with E-state index in [4.69, 9.17) is 11.1 Å². The van der Waals surface area contributed by atoms with Crippen LogP contribution in [0.25, 0.3) is 0 Å². The smallest absolute Gasteiger partial charge is 0.186 e. The highest BCUT2D eigenvalue weighted by Crippen LogP contribution is 2.27. The molecule has 3 heteroatoms. The molecular weight excluding hydrogens is 198 g/mol. The van der Waals surface area contributed by atoms with Crippen molar-refractivity contribution in [3.63, 3.8) is 0 Å². The molecule has 0 fully saturated rings. The van der Waals surface area contributed by atoms with Crippen molar-refractivity contribution in [2.45, 2.75) is 40.2 Å². The first-order chi connectivity index (χ1) is 7.25. The molecule has 0 saturated carbocycles. The molecule has 3 nitrogen and oxygen atoms in total. The van der Waals surface area contributed by atoms with Crippen LogP contribution in [0.5, 0.6) is 0 Å². The quantitative estimate of drug-likeness (QED) is 0.528. The van der Waals surface area contributed by atoms with Crippen molar-refractivity contribution in [3.8, 4) is 0 Å². The third-order valence-corrected chi connectivity index (χ3v) is 3.18. The minimum Gasteiger partial charge on any atom is -0.370 e. The van der Waals surface area contributed by atoms with Crippen LogP contribution in [0, 0.1) is 26.2 Å². The summed E-state index contributed by atoms with van der Waals surface area (Å²) in [6, 6.07) is 4.22. The monoisotopic (exact) mass is 219 g/mol. The fourth-order valence-corrected chi connectivity index (χ4v) is 2.04. The second-order valence-corrected chi connectivity index (χ2v) is 4.84. The summed E-state index contributed by atoms with van der Waals surface area (Å²) in [4.78, 5) is 0. The van der Waals surface area contributed by atoms with Gasteiger partial charge in [-0.15, -0.1) is 0 Å². The van der Waals surface area contributed by atoms with Gasteiger partial charge in [-0.3, -0.25) is 5.41 Å². The van der Waals surface area contributed by atoms with E-state index in [0.29, 0.717) is 0 Å². The molecule has 1 rings (SSSR count). The third kappa shape index (κ3) is 2.35. The predicted molar refractivity (Wildman–Crippen MR) is 68.7 cm³/mol. The molecule has 1 aromatic carbocycles. The van der Waals surface area contributed by atoms with Gasteiger partial charge in [-0.05, 0) is 56.9 Å². The van der Waals surface area contributed by atoms with Gasteiger partial charge in [0.05, 0.1) is 5.54 Å². The summed E-state index contributed by atoms with van der Waals surface area (Å²) in [5.74, 6) is 0.00243. The second kappa shape index (κ2) is 4.16. The summed E-state index contributed by atoms with van der Waals surface area (Å²) in [6.07, 6.45) is 0. The Morgan fingerprint density at radius 2 is 1.75 bits per heavy atom. The zero-order valence-corrected chi connectivity index (χ0v) is 10.7. The van der Waals surface area contributed by atoms with Crippen molar-refractivity contribution in [1.29, 1.82) is 5.41 Å². The lowest BCUT2D eigenvalue weighted by Crippen LogP contribution is -2.44. The molecular formula is C13H21N3. The lowest BCUT2D eigenvalue weighted by Gasteiger charge is -2.29. The maximum Gasteiger partial charge on any atom is 0.186 e. The van der Waals surface area contributed by atoms with Gasteiger partial charge in [-0.2, -0.15) is 0 Å². The average Bonchev–Trinajstić information content (AvgIpc) is 2.11. The SMILES string of the molecule is Cc1ccc(C(C)(C)NC(=N)N)c(C)c1C. The Labute approximate surface area is 97.6 Å². The van der Waals surface area contributed by atoms with E-state index >= 15 is 0 Å². The van der Waals surface area contributed by atoms with Gasteiger partial charge < -0.3 is 11.1 Å². The van der Waals surface area contributed by atoms with Crippen LogP contribution >= 0.6 is 0 Å². The lowest BCUT2D eigenvalue weighted by atomic mass is 9.87. The first-order valence-corrected chi connectivity index (χ1v) is 5.45. The molecule has 88 valence electrons. The number of hydrogen-bond donors (Lipinski definition) is 3. The minimum atomic E-state index is -0.311. The van der Waals surface area contributed by atoms with E-state index in [1.54, 1.807) is 0 Å². The van der Waals surface area contributed by atoms with E-state index in [1.165, 1.54) is 22.3 Å². The summed E-state index contributed by atoms with van der Waals surface area (Å²) in [6.45, 7) is 10.4. The Kier molecular flexibility index (Phi) is 3.27. The molecule has 0 atom stereocenters. The zero-order valence-electron chi connectivity index (χ0n) is 10.7. The average molecular weight is 219 g/mol. The summed E-state index contributed by atoms with van der Waals surface area (Å²) >= 11 is 0. The predicted octanol–water partition coefficient (Wildman–Crippen LogP) is 2.33. The van der Waals surface area contributed by atoms with E-state index in [0.717, 1.165) is 0 Å². The van der Waals surface area contributed by atoms with Crippen LogP contribution in [-0.4, -0.2) is 5.96 Å². The lowest BCUT2D eigenvalue weighted by molar-refractivity contribution is 0.479. The van der Waals surface area contributed by atoms with Crippen LogP contribution in [0.15, 0.2) is 12.1 Å². The molecule has 0 amide bonds. The first kappa shape index (κ1) is 12.6. The van der Waals surface area contributed by atoms with Gasteiger partial charge in [0, 0.05) is 0 Å². The topological polar surface area (TPSA) is 61.9 Å². The molecule has 0 aliphatic rings. The van der Waals surface area contributed by atoms with E-state index in [1.807, 2.05) is 13.8 Å². The molecule has 0 spiro atoms. The number of nitrogens with one attached hydrogen (secondary N) is 2. The maximum absolute atomic E-state index is 7.33. The number of guanidine groups is 1. The first-order valence-electron chi connectivity index (χ1n) is 5.45. The van der Waals surface area contributed by atoms with Gasteiger partial charge in [-0.25, -0.2) is 0 Å².